The number of hydrazone groups is 1. The number of amides is 1. The molecule has 1 heterocycles. The van der Waals surface area contributed by atoms with Gasteiger partial charge in [0.15, 0.2) is 0 Å². The van der Waals surface area contributed by atoms with E-state index >= 15 is 0 Å². The second-order valence-corrected chi connectivity index (χ2v) is 4.46. The molecule has 2 N–H and O–H groups in total. The molecule has 1 aromatic rings. The van der Waals surface area contributed by atoms with Crippen LogP contribution in [0.15, 0.2) is 35.4 Å². The normalized spacial score (nSPS) is 19.2. The molecule has 0 radical (unpaired) electrons. The minimum absolute atomic E-state index is 0.0844. The van der Waals surface area contributed by atoms with Crippen LogP contribution in [-0.2, 0) is 11.3 Å². The highest BCUT2D eigenvalue weighted by molar-refractivity contribution is 6.07. The van der Waals surface area contributed by atoms with Crippen molar-refractivity contribution in [2.24, 2.45) is 16.8 Å². The number of rotatable bonds is 5. The molecule has 2 rings (SSSR count). The minimum Gasteiger partial charge on any atom is -0.330 e. The largest absolute Gasteiger partial charge is 0.330 e. The van der Waals surface area contributed by atoms with Gasteiger partial charge in [-0.2, -0.15) is 5.10 Å². The molecule has 96 valence electrons. The van der Waals surface area contributed by atoms with Gasteiger partial charge in [-0.15, -0.1) is 0 Å². The summed E-state index contributed by atoms with van der Waals surface area (Å²) in [6.45, 7) is 3.10. The maximum Gasteiger partial charge on any atom is 0.251 e. The molecule has 0 bridgehead atoms. The Hall–Kier alpha value is -1.68. The van der Waals surface area contributed by atoms with Crippen molar-refractivity contribution in [3.63, 3.8) is 0 Å². The molecule has 1 unspecified atom stereocenters. The SMILES string of the molecule is CCC1=NN(Cc2ccccc2)C(=O)C1CCN. The van der Waals surface area contributed by atoms with Crippen LogP contribution in [0.25, 0.3) is 0 Å². The summed E-state index contributed by atoms with van der Waals surface area (Å²) in [5.74, 6) is -0.0233. The predicted octanol–water partition coefficient (Wildman–Crippen LogP) is 1.76. The first-order chi connectivity index (χ1) is 8.76. The highest BCUT2D eigenvalue weighted by Gasteiger charge is 2.33. The number of carbonyl (C=O) groups is 1. The molecule has 4 heteroatoms. The maximum atomic E-state index is 12.2. The third-order valence-electron chi connectivity index (χ3n) is 3.20. The third kappa shape index (κ3) is 2.59. The van der Waals surface area contributed by atoms with E-state index in [-0.39, 0.29) is 11.8 Å². The molecule has 0 saturated carbocycles. The number of carbonyl (C=O) groups excluding carboxylic acids is 1. The molecular weight excluding hydrogens is 226 g/mol. The fourth-order valence-corrected chi connectivity index (χ4v) is 2.24. The Labute approximate surface area is 107 Å². The first kappa shape index (κ1) is 12.8. The molecule has 1 atom stereocenters. The van der Waals surface area contributed by atoms with Gasteiger partial charge in [-0.1, -0.05) is 37.3 Å². The van der Waals surface area contributed by atoms with Crippen molar-refractivity contribution >= 4 is 11.6 Å². The fourth-order valence-electron chi connectivity index (χ4n) is 2.24. The summed E-state index contributed by atoms with van der Waals surface area (Å²) < 4.78 is 0. The third-order valence-corrected chi connectivity index (χ3v) is 3.20. The van der Waals surface area contributed by atoms with Crippen LogP contribution < -0.4 is 5.73 Å². The van der Waals surface area contributed by atoms with Gasteiger partial charge in [0.25, 0.3) is 5.91 Å². The molecule has 0 spiro atoms. The zero-order valence-electron chi connectivity index (χ0n) is 10.7. The van der Waals surface area contributed by atoms with Gasteiger partial charge in [0.05, 0.1) is 18.2 Å². The van der Waals surface area contributed by atoms with Crippen molar-refractivity contribution in [3.05, 3.63) is 35.9 Å². The molecular formula is C14H19N3O. The van der Waals surface area contributed by atoms with Gasteiger partial charge in [-0.05, 0) is 24.9 Å². The zero-order chi connectivity index (χ0) is 13.0. The van der Waals surface area contributed by atoms with Crippen LogP contribution >= 0.6 is 0 Å². The number of benzene rings is 1. The Bertz CT molecular complexity index is 442. The second-order valence-electron chi connectivity index (χ2n) is 4.46. The van der Waals surface area contributed by atoms with E-state index in [0.29, 0.717) is 19.5 Å². The van der Waals surface area contributed by atoms with Crippen LogP contribution in [-0.4, -0.2) is 23.2 Å². The summed E-state index contributed by atoms with van der Waals surface area (Å²) >= 11 is 0. The van der Waals surface area contributed by atoms with E-state index in [0.717, 1.165) is 17.7 Å². The van der Waals surface area contributed by atoms with E-state index in [9.17, 15) is 4.79 Å². The van der Waals surface area contributed by atoms with E-state index in [1.54, 1.807) is 5.01 Å². The van der Waals surface area contributed by atoms with Gasteiger partial charge >= 0.3 is 0 Å². The number of nitrogens with two attached hydrogens (primary N) is 1. The number of hydrogen-bond donors (Lipinski definition) is 1. The Morgan fingerprint density at radius 2 is 2.06 bits per heavy atom. The van der Waals surface area contributed by atoms with Crippen LogP contribution in [0.1, 0.15) is 25.3 Å². The zero-order valence-corrected chi connectivity index (χ0v) is 10.7. The van der Waals surface area contributed by atoms with Crippen molar-refractivity contribution in [3.8, 4) is 0 Å². The minimum atomic E-state index is -0.108. The summed E-state index contributed by atoms with van der Waals surface area (Å²) in [5.41, 5.74) is 7.62. The van der Waals surface area contributed by atoms with Crippen molar-refractivity contribution in [2.45, 2.75) is 26.3 Å². The van der Waals surface area contributed by atoms with E-state index in [1.165, 1.54) is 0 Å². The molecule has 1 amide bonds. The van der Waals surface area contributed by atoms with Crippen LogP contribution in [0.3, 0.4) is 0 Å². The molecule has 0 aromatic heterocycles. The van der Waals surface area contributed by atoms with Crippen molar-refractivity contribution in [1.82, 2.24) is 5.01 Å². The summed E-state index contributed by atoms with van der Waals surface area (Å²) in [6.07, 6.45) is 1.50. The van der Waals surface area contributed by atoms with Gasteiger partial charge in [0, 0.05) is 0 Å². The van der Waals surface area contributed by atoms with Gasteiger partial charge in [0.2, 0.25) is 0 Å². The summed E-state index contributed by atoms with van der Waals surface area (Å²) in [7, 11) is 0. The highest BCUT2D eigenvalue weighted by Crippen LogP contribution is 2.22. The van der Waals surface area contributed by atoms with E-state index in [4.69, 9.17) is 5.73 Å². The fraction of sp³-hybridized carbons (Fsp3) is 0.429. The summed E-state index contributed by atoms with van der Waals surface area (Å²) in [5, 5.41) is 6.01. The van der Waals surface area contributed by atoms with Crippen molar-refractivity contribution < 1.29 is 4.79 Å². The monoisotopic (exact) mass is 245 g/mol. The molecule has 1 aliphatic heterocycles. The van der Waals surface area contributed by atoms with Gasteiger partial charge in [-0.25, -0.2) is 5.01 Å². The summed E-state index contributed by atoms with van der Waals surface area (Å²) in [6, 6.07) is 9.91. The topological polar surface area (TPSA) is 58.7 Å². The average Bonchev–Trinajstić information content (AvgIpc) is 2.69. The van der Waals surface area contributed by atoms with Crippen molar-refractivity contribution in [2.75, 3.05) is 6.54 Å². The Morgan fingerprint density at radius 3 is 2.67 bits per heavy atom. The highest BCUT2D eigenvalue weighted by atomic mass is 16.2. The molecule has 1 aromatic carbocycles. The molecule has 0 aliphatic carbocycles. The van der Waals surface area contributed by atoms with Crippen LogP contribution in [0.2, 0.25) is 0 Å². The van der Waals surface area contributed by atoms with Crippen molar-refractivity contribution in [1.29, 1.82) is 0 Å². The number of hydrogen-bond acceptors (Lipinski definition) is 3. The van der Waals surface area contributed by atoms with Gasteiger partial charge in [0.1, 0.15) is 0 Å². The Balaban J connectivity index is 2.11. The molecule has 18 heavy (non-hydrogen) atoms. The Kier molecular flexibility index (Phi) is 4.10. The van der Waals surface area contributed by atoms with E-state index < -0.39 is 0 Å². The lowest BCUT2D eigenvalue weighted by Gasteiger charge is -2.14. The maximum absolute atomic E-state index is 12.2. The first-order valence-electron chi connectivity index (χ1n) is 6.39. The summed E-state index contributed by atoms with van der Waals surface area (Å²) in [4.78, 5) is 12.2. The standard InChI is InChI=1S/C14H19N3O/c1-2-13-12(8-9-15)14(18)17(16-13)10-11-6-4-3-5-7-11/h3-7,12H,2,8-10,15H2,1H3. The lowest BCUT2D eigenvalue weighted by atomic mass is 9.98. The van der Waals surface area contributed by atoms with E-state index in [1.807, 2.05) is 37.3 Å². The first-order valence-corrected chi connectivity index (χ1v) is 6.39. The Morgan fingerprint density at radius 1 is 1.33 bits per heavy atom. The lowest BCUT2D eigenvalue weighted by Crippen LogP contribution is -2.28. The van der Waals surface area contributed by atoms with Gasteiger partial charge in [-0.3, -0.25) is 4.79 Å². The average molecular weight is 245 g/mol. The van der Waals surface area contributed by atoms with Crippen LogP contribution in [0.4, 0.5) is 0 Å². The second kappa shape index (κ2) is 5.78. The van der Waals surface area contributed by atoms with Crippen LogP contribution in [0, 0.1) is 5.92 Å². The number of nitrogens with zero attached hydrogens (tertiary/aromatic N) is 2. The molecule has 1 aliphatic rings. The van der Waals surface area contributed by atoms with E-state index in [2.05, 4.69) is 5.10 Å². The van der Waals surface area contributed by atoms with Crippen LogP contribution in [0.5, 0.6) is 0 Å². The molecule has 0 saturated heterocycles. The van der Waals surface area contributed by atoms with Gasteiger partial charge < -0.3 is 5.73 Å². The lowest BCUT2D eigenvalue weighted by molar-refractivity contribution is -0.132. The predicted molar refractivity (Wildman–Crippen MR) is 71.9 cm³/mol. The molecule has 0 fully saturated rings. The smallest absolute Gasteiger partial charge is 0.251 e. The quantitative estimate of drug-likeness (QED) is 0.859. The molecule has 4 nitrogen and oxygen atoms in total.